The first-order valence-corrected chi connectivity index (χ1v) is 10.3. The number of carbonyl (C=O) groups excluding carboxylic acids is 1. The molecule has 1 aliphatic heterocycles. The molecule has 1 aromatic carbocycles. The summed E-state index contributed by atoms with van der Waals surface area (Å²) in [6.45, 7) is 2.93. The molecule has 9 nitrogen and oxygen atoms in total. The van der Waals surface area contributed by atoms with Crippen LogP contribution in [0.2, 0.25) is 5.28 Å². The number of nitrogens with one attached hydrogen (secondary N) is 2. The lowest BCUT2D eigenvalue weighted by atomic mass is 10.2. The van der Waals surface area contributed by atoms with Crippen LogP contribution in [-0.4, -0.2) is 67.8 Å². The van der Waals surface area contributed by atoms with E-state index in [1.807, 2.05) is 17.0 Å². The van der Waals surface area contributed by atoms with Crippen molar-refractivity contribution >= 4 is 61.9 Å². The minimum atomic E-state index is 0.00943. The summed E-state index contributed by atoms with van der Waals surface area (Å²) in [5, 5.41) is 4.31. The molecule has 0 spiro atoms. The van der Waals surface area contributed by atoms with Crippen molar-refractivity contribution in [2.24, 2.45) is 0 Å². The highest BCUT2D eigenvalue weighted by Crippen LogP contribution is 2.29. The average molecular weight is 429 g/mol. The summed E-state index contributed by atoms with van der Waals surface area (Å²) >= 11 is 7.44. The number of aromatic amines is 1. The highest BCUT2D eigenvalue weighted by molar-refractivity contribution is 7.13. The molecule has 4 heterocycles. The molecule has 0 bridgehead atoms. The Morgan fingerprint density at radius 2 is 2.03 bits per heavy atom. The molecular weight excluding hydrogens is 412 g/mol. The monoisotopic (exact) mass is 428 g/mol. The summed E-state index contributed by atoms with van der Waals surface area (Å²) in [4.78, 5) is 32.0. The van der Waals surface area contributed by atoms with Crippen LogP contribution in [0.25, 0.3) is 21.3 Å². The first kappa shape index (κ1) is 18.1. The number of nitrogens with zero attached hydrogens (tertiary/aromatic N) is 6. The van der Waals surface area contributed by atoms with Gasteiger partial charge in [-0.05, 0) is 35.3 Å². The fourth-order valence-corrected chi connectivity index (χ4v) is 4.43. The maximum atomic E-state index is 12.7. The second-order valence-electron chi connectivity index (χ2n) is 6.67. The Kier molecular flexibility index (Phi) is 4.64. The summed E-state index contributed by atoms with van der Waals surface area (Å²) < 4.78 is 5.79. The Labute approximate surface area is 174 Å². The van der Waals surface area contributed by atoms with Crippen LogP contribution in [0.3, 0.4) is 0 Å². The van der Waals surface area contributed by atoms with E-state index in [9.17, 15) is 4.79 Å². The second-order valence-corrected chi connectivity index (χ2v) is 7.81. The standard InChI is InChI=1S/C18H17ClN8OS/c19-18-23-15(14-16(24-18)22-10-21-14)20-9-13(28)26-5-7-27(8-6-26)17-11-3-1-2-4-12(11)29-25-17/h1-4,10H,5-9H2,(H2,20,21,22,23,24). The number of hydrogen-bond donors (Lipinski definition) is 2. The van der Waals surface area contributed by atoms with E-state index in [-0.39, 0.29) is 17.7 Å². The number of halogens is 1. The lowest BCUT2D eigenvalue weighted by Gasteiger charge is -2.35. The van der Waals surface area contributed by atoms with Gasteiger partial charge < -0.3 is 20.1 Å². The molecule has 29 heavy (non-hydrogen) atoms. The number of amides is 1. The van der Waals surface area contributed by atoms with Crippen LogP contribution in [0.1, 0.15) is 0 Å². The molecule has 4 aromatic rings. The summed E-state index contributed by atoms with van der Waals surface area (Å²) in [6, 6.07) is 8.23. The molecule has 3 aromatic heterocycles. The number of rotatable bonds is 4. The van der Waals surface area contributed by atoms with Gasteiger partial charge in [0.1, 0.15) is 11.3 Å². The first-order valence-electron chi connectivity index (χ1n) is 9.16. The number of hydrogen-bond acceptors (Lipinski definition) is 8. The van der Waals surface area contributed by atoms with Gasteiger partial charge in [-0.3, -0.25) is 4.79 Å². The van der Waals surface area contributed by atoms with Crippen molar-refractivity contribution in [1.82, 2.24) is 29.2 Å². The third-order valence-electron chi connectivity index (χ3n) is 4.96. The quantitative estimate of drug-likeness (QED) is 0.481. The normalized spacial score (nSPS) is 14.7. The molecule has 0 unspecified atom stereocenters. The van der Waals surface area contributed by atoms with E-state index >= 15 is 0 Å². The van der Waals surface area contributed by atoms with Gasteiger partial charge in [0, 0.05) is 31.6 Å². The molecule has 0 atom stereocenters. The van der Waals surface area contributed by atoms with Gasteiger partial charge in [0.2, 0.25) is 11.2 Å². The number of carbonyl (C=O) groups is 1. The van der Waals surface area contributed by atoms with Gasteiger partial charge in [0.25, 0.3) is 0 Å². The van der Waals surface area contributed by atoms with Gasteiger partial charge in [0.05, 0.1) is 17.6 Å². The summed E-state index contributed by atoms with van der Waals surface area (Å²) in [7, 11) is 0. The summed E-state index contributed by atoms with van der Waals surface area (Å²) in [6.07, 6.45) is 1.52. The predicted molar refractivity (Wildman–Crippen MR) is 114 cm³/mol. The Balaban J connectivity index is 1.22. The van der Waals surface area contributed by atoms with Crippen molar-refractivity contribution in [3.05, 3.63) is 35.9 Å². The number of imidazole rings is 1. The van der Waals surface area contributed by atoms with Crippen LogP contribution < -0.4 is 10.2 Å². The van der Waals surface area contributed by atoms with E-state index in [1.165, 1.54) is 27.9 Å². The van der Waals surface area contributed by atoms with Crippen molar-refractivity contribution in [3.8, 4) is 0 Å². The largest absolute Gasteiger partial charge is 0.359 e. The first-order chi connectivity index (χ1) is 14.2. The molecule has 1 amide bonds. The lowest BCUT2D eigenvalue weighted by molar-refractivity contribution is -0.129. The van der Waals surface area contributed by atoms with Gasteiger partial charge in [-0.2, -0.15) is 14.3 Å². The number of aromatic nitrogens is 5. The van der Waals surface area contributed by atoms with E-state index in [1.54, 1.807) is 0 Å². The fourth-order valence-electron chi connectivity index (χ4n) is 3.47. The molecule has 1 fully saturated rings. The van der Waals surface area contributed by atoms with Crippen LogP contribution in [0, 0.1) is 0 Å². The maximum absolute atomic E-state index is 12.7. The van der Waals surface area contributed by atoms with Crippen LogP contribution in [0.5, 0.6) is 0 Å². The van der Waals surface area contributed by atoms with Gasteiger partial charge in [0.15, 0.2) is 11.5 Å². The average Bonchev–Trinajstić information content (AvgIpc) is 3.38. The van der Waals surface area contributed by atoms with Gasteiger partial charge in [-0.25, -0.2) is 4.98 Å². The molecule has 0 radical (unpaired) electrons. The van der Waals surface area contributed by atoms with Crippen molar-refractivity contribution in [2.75, 3.05) is 42.9 Å². The van der Waals surface area contributed by atoms with Gasteiger partial charge in [-0.1, -0.05) is 12.1 Å². The molecule has 1 saturated heterocycles. The molecule has 1 aliphatic rings. The van der Waals surface area contributed by atoms with E-state index in [2.05, 4.69) is 46.7 Å². The van der Waals surface area contributed by atoms with Crippen LogP contribution >= 0.6 is 23.1 Å². The maximum Gasteiger partial charge on any atom is 0.242 e. The van der Waals surface area contributed by atoms with Crippen molar-refractivity contribution in [1.29, 1.82) is 0 Å². The predicted octanol–water partition coefficient (Wildman–Crippen LogP) is 2.38. The van der Waals surface area contributed by atoms with E-state index in [4.69, 9.17) is 11.6 Å². The number of anilines is 2. The molecule has 11 heteroatoms. The zero-order chi connectivity index (χ0) is 19.8. The van der Waals surface area contributed by atoms with Crippen LogP contribution in [0.4, 0.5) is 11.6 Å². The fraction of sp³-hybridized carbons (Fsp3) is 0.278. The van der Waals surface area contributed by atoms with E-state index in [0.29, 0.717) is 30.1 Å². The lowest BCUT2D eigenvalue weighted by Crippen LogP contribution is -2.50. The topological polar surface area (TPSA) is 103 Å². The van der Waals surface area contributed by atoms with Crippen molar-refractivity contribution < 1.29 is 4.79 Å². The molecule has 5 rings (SSSR count). The summed E-state index contributed by atoms with van der Waals surface area (Å²) in [5.74, 6) is 1.49. The number of piperazine rings is 1. The molecule has 0 saturated carbocycles. The third kappa shape index (κ3) is 3.45. The highest BCUT2D eigenvalue weighted by atomic mass is 35.5. The van der Waals surface area contributed by atoms with Crippen molar-refractivity contribution in [3.63, 3.8) is 0 Å². The SMILES string of the molecule is O=C(CNc1nc(Cl)nc2nc[nH]c12)N1CCN(c2nsc3ccccc23)CC1. The Morgan fingerprint density at radius 1 is 1.21 bits per heavy atom. The molecule has 0 aliphatic carbocycles. The zero-order valence-electron chi connectivity index (χ0n) is 15.3. The van der Waals surface area contributed by atoms with Crippen LogP contribution in [-0.2, 0) is 4.79 Å². The van der Waals surface area contributed by atoms with E-state index < -0.39 is 0 Å². The highest BCUT2D eigenvalue weighted by Gasteiger charge is 2.23. The third-order valence-corrected chi connectivity index (χ3v) is 5.94. The van der Waals surface area contributed by atoms with Crippen molar-refractivity contribution in [2.45, 2.75) is 0 Å². The Morgan fingerprint density at radius 3 is 2.90 bits per heavy atom. The second kappa shape index (κ2) is 7.45. The molecule has 2 N–H and O–H groups in total. The smallest absolute Gasteiger partial charge is 0.242 e. The van der Waals surface area contributed by atoms with Gasteiger partial charge >= 0.3 is 0 Å². The van der Waals surface area contributed by atoms with Gasteiger partial charge in [-0.15, -0.1) is 0 Å². The molecule has 148 valence electrons. The Bertz CT molecular complexity index is 1180. The number of fused-ring (bicyclic) bond motifs is 2. The minimum absolute atomic E-state index is 0.00943. The minimum Gasteiger partial charge on any atom is -0.359 e. The number of H-pyrrole nitrogens is 1. The zero-order valence-corrected chi connectivity index (χ0v) is 16.9. The van der Waals surface area contributed by atoms with E-state index in [0.717, 1.165) is 18.9 Å². The van der Waals surface area contributed by atoms with Crippen LogP contribution in [0.15, 0.2) is 30.6 Å². The Hall–Kier alpha value is -2.98. The molecular formula is C18H17ClN8OS. The summed E-state index contributed by atoms with van der Waals surface area (Å²) in [5.41, 5.74) is 1.09. The number of benzene rings is 1.